The summed E-state index contributed by atoms with van der Waals surface area (Å²) in [4.78, 5) is 15.1. The molecule has 2 aromatic carbocycles. The summed E-state index contributed by atoms with van der Waals surface area (Å²) in [5.74, 6) is -0.191. The van der Waals surface area contributed by atoms with E-state index in [0.717, 1.165) is 24.3 Å². The monoisotopic (exact) mass is 413 g/mol. The van der Waals surface area contributed by atoms with Crippen LogP contribution in [-0.4, -0.2) is 39.7 Å². The number of hydrogen-bond donors (Lipinski definition) is 1. The zero-order valence-corrected chi connectivity index (χ0v) is 17.7. The number of benzene rings is 2. The van der Waals surface area contributed by atoms with Crippen molar-refractivity contribution in [3.8, 4) is 0 Å². The largest absolute Gasteiger partial charge is 0.372 e. The van der Waals surface area contributed by atoms with Gasteiger partial charge in [-0.3, -0.25) is 9.10 Å². The van der Waals surface area contributed by atoms with Gasteiger partial charge in [-0.15, -0.1) is 0 Å². The maximum Gasteiger partial charge on any atom is 0.255 e. The number of hydrogen-bond acceptors (Lipinski definition) is 4. The van der Waals surface area contributed by atoms with Crippen LogP contribution in [0.2, 0.25) is 0 Å². The van der Waals surface area contributed by atoms with Crippen molar-refractivity contribution in [2.24, 2.45) is 0 Å². The zero-order valence-electron chi connectivity index (χ0n) is 16.9. The number of carbonyl (C=O) groups excluding carboxylic acids is 1. The molecule has 2 heterocycles. The molecule has 2 aromatic rings. The van der Waals surface area contributed by atoms with E-state index in [2.05, 4.69) is 22.3 Å². The molecule has 0 bridgehead atoms. The Labute approximate surface area is 172 Å². The third-order valence-corrected chi connectivity index (χ3v) is 6.97. The molecule has 0 radical (unpaired) electrons. The van der Waals surface area contributed by atoms with Crippen molar-refractivity contribution in [3.63, 3.8) is 0 Å². The quantitative estimate of drug-likeness (QED) is 0.831. The van der Waals surface area contributed by atoms with Crippen LogP contribution in [0.5, 0.6) is 0 Å². The summed E-state index contributed by atoms with van der Waals surface area (Å²) in [6.45, 7) is 4.05. The molecule has 2 aliphatic heterocycles. The highest BCUT2D eigenvalue weighted by atomic mass is 32.2. The lowest BCUT2D eigenvalue weighted by molar-refractivity contribution is 0.102. The summed E-state index contributed by atoms with van der Waals surface area (Å²) in [6, 6.07) is 13.0. The number of fused-ring (bicyclic) bond motifs is 1. The SMILES string of the molecule is C[C@H]1Cc2cc(C(=O)Nc3ccc(N4CCCCC4)cc3)ccc2N1S(C)(=O)=O. The van der Waals surface area contributed by atoms with E-state index in [4.69, 9.17) is 0 Å². The number of carbonyl (C=O) groups is 1. The molecule has 0 spiro atoms. The first kappa shape index (κ1) is 19.8. The van der Waals surface area contributed by atoms with Crippen LogP contribution in [0.25, 0.3) is 0 Å². The Morgan fingerprint density at radius 3 is 2.38 bits per heavy atom. The molecule has 0 aromatic heterocycles. The average Bonchev–Trinajstić information content (AvgIpc) is 3.04. The van der Waals surface area contributed by atoms with Gasteiger partial charge in [-0.05, 0) is 80.6 Å². The minimum atomic E-state index is -3.33. The molecule has 7 heteroatoms. The van der Waals surface area contributed by atoms with Gasteiger partial charge in [0.1, 0.15) is 0 Å². The van der Waals surface area contributed by atoms with Crippen molar-refractivity contribution in [2.45, 2.75) is 38.6 Å². The average molecular weight is 414 g/mol. The molecular weight excluding hydrogens is 386 g/mol. The summed E-state index contributed by atoms with van der Waals surface area (Å²) in [5.41, 5.74) is 4.03. The van der Waals surface area contributed by atoms with Crippen LogP contribution in [-0.2, 0) is 16.4 Å². The van der Waals surface area contributed by atoms with E-state index in [0.29, 0.717) is 17.7 Å². The molecule has 0 aliphatic carbocycles. The number of rotatable bonds is 4. The van der Waals surface area contributed by atoms with Gasteiger partial charge in [0.2, 0.25) is 10.0 Å². The summed E-state index contributed by atoms with van der Waals surface area (Å²) in [6.07, 6.45) is 5.57. The van der Waals surface area contributed by atoms with Crippen molar-refractivity contribution in [1.29, 1.82) is 0 Å². The number of sulfonamides is 1. The van der Waals surface area contributed by atoms with E-state index < -0.39 is 10.0 Å². The number of anilines is 3. The predicted octanol–water partition coefficient (Wildman–Crippen LogP) is 3.64. The van der Waals surface area contributed by atoms with E-state index in [-0.39, 0.29) is 11.9 Å². The molecular formula is C22H27N3O3S. The predicted molar refractivity (Wildman–Crippen MR) is 117 cm³/mol. The fraction of sp³-hybridized carbons (Fsp3) is 0.409. The van der Waals surface area contributed by atoms with Gasteiger partial charge >= 0.3 is 0 Å². The van der Waals surface area contributed by atoms with E-state index in [1.165, 1.54) is 35.5 Å². The number of nitrogens with one attached hydrogen (secondary N) is 1. The fourth-order valence-corrected chi connectivity index (χ4v) is 5.62. The highest BCUT2D eigenvalue weighted by molar-refractivity contribution is 7.92. The number of amides is 1. The normalized spacial score (nSPS) is 19.2. The Morgan fingerprint density at radius 1 is 1.03 bits per heavy atom. The van der Waals surface area contributed by atoms with Crippen LogP contribution in [0.4, 0.5) is 17.1 Å². The molecule has 0 saturated carbocycles. The Bertz CT molecular complexity index is 1010. The number of piperidine rings is 1. The molecule has 1 atom stereocenters. The van der Waals surface area contributed by atoms with Crippen LogP contribution in [0.15, 0.2) is 42.5 Å². The van der Waals surface area contributed by atoms with E-state index >= 15 is 0 Å². The van der Waals surface area contributed by atoms with Crippen LogP contribution < -0.4 is 14.5 Å². The van der Waals surface area contributed by atoms with Crippen molar-refractivity contribution in [2.75, 3.05) is 33.9 Å². The van der Waals surface area contributed by atoms with E-state index in [9.17, 15) is 13.2 Å². The molecule has 1 amide bonds. The highest BCUT2D eigenvalue weighted by Gasteiger charge is 2.32. The maximum atomic E-state index is 12.7. The van der Waals surface area contributed by atoms with Gasteiger partial charge in [-0.25, -0.2) is 8.42 Å². The van der Waals surface area contributed by atoms with Gasteiger partial charge in [-0.2, -0.15) is 0 Å². The van der Waals surface area contributed by atoms with Gasteiger partial charge in [0.25, 0.3) is 5.91 Å². The van der Waals surface area contributed by atoms with Gasteiger partial charge in [0, 0.05) is 36.1 Å². The first-order valence-corrected chi connectivity index (χ1v) is 12.0. The summed E-state index contributed by atoms with van der Waals surface area (Å²) in [7, 11) is -3.33. The Morgan fingerprint density at radius 2 is 1.72 bits per heavy atom. The molecule has 2 aliphatic rings. The first-order chi connectivity index (χ1) is 13.8. The van der Waals surface area contributed by atoms with Crippen LogP contribution in [0.1, 0.15) is 42.1 Å². The molecule has 1 N–H and O–H groups in total. The third-order valence-electron chi connectivity index (χ3n) is 5.70. The molecule has 6 nitrogen and oxygen atoms in total. The molecule has 4 rings (SSSR count). The minimum Gasteiger partial charge on any atom is -0.372 e. The van der Waals surface area contributed by atoms with Crippen LogP contribution >= 0.6 is 0 Å². The van der Waals surface area contributed by atoms with Crippen molar-refractivity contribution >= 4 is 33.0 Å². The third kappa shape index (κ3) is 4.10. The standard InChI is InChI=1S/C22H27N3O3S/c1-16-14-18-15-17(6-11-21(18)25(16)29(2,27)28)22(26)23-19-7-9-20(10-8-19)24-12-4-3-5-13-24/h6-11,15-16H,3-5,12-14H2,1-2H3,(H,23,26)/t16-/m0/s1. The maximum absolute atomic E-state index is 12.7. The lowest BCUT2D eigenvalue weighted by atomic mass is 10.1. The smallest absolute Gasteiger partial charge is 0.255 e. The first-order valence-electron chi connectivity index (χ1n) is 10.1. The molecule has 1 saturated heterocycles. The van der Waals surface area contributed by atoms with Crippen molar-refractivity contribution in [1.82, 2.24) is 0 Å². The van der Waals surface area contributed by atoms with E-state index in [1.807, 2.05) is 19.1 Å². The van der Waals surface area contributed by atoms with E-state index in [1.54, 1.807) is 18.2 Å². The molecule has 1 fully saturated rings. The lowest BCUT2D eigenvalue weighted by Crippen LogP contribution is -2.34. The Balaban J connectivity index is 1.47. The summed E-state index contributed by atoms with van der Waals surface area (Å²) in [5, 5.41) is 2.94. The second kappa shape index (κ2) is 7.71. The minimum absolute atomic E-state index is 0.138. The van der Waals surface area contributed by atoms with Gasteiger partial charge in [-0.1, -0.05) is 0 Å². The van der Waals surface area contributed by atoms with Crippen molar-refractivity contribution < 1.29 is 13.2 Å². The second-order valence-corrected chi connectivity index (χ2v) is 9.86. The van der Waals surface area contributed by atoms with Gasteiger partial charge < -0.3 is 10.2 Å². The second-order valence-electron chi connectivity index (χ2n) is 8.00. The molecule has 154 valence electrons. The highest BCUT2D eigenvalue weighted by Crippen LogP contribution is 2.34. The fourth-order valence-electron chi connectivity index (χ4n) is 4.36. The summed E-state index contributed by atoms with van der Waals surface area (Å²) < 4.78 is 25.5. The summed E-state index contributed by atoms with van der Waals surface area (Å²) >= 11 is 0. The van der Waals surface area contributed by atoms with Crippen LogP contribution in [0, 0.1) is 0 Å². The van der Waals surface area contributed by atoms with Crippen LogP contribution in [0.3, 0.4) is 0 Å². The van der Waals surface area contributed by atoms with Crippen molar-refractivity contribution in [3.05, 3.63) is 53.6 Å². The zero-order chi connectivity index (χ0) is 20.6. The Kier molecular flexibility index (Phi) is 5.25. The lowest BCUT2D eigenvalue weighted by Gasteiger charge is -2.28. The molecule has 29 heavy (non-hydrogen) atoms. The number of nitrogens with zero attached hydrogens (tertiary/aromatic N) is 2. The van der Waals surface area contributed by atoms with Gasteiger partial charge in [0.05, 0.1) is 11.9 Å². The molecule has 0 unspecified atom stereocenters. The van der Waals surface area contributed by atoms with Gasteiger partial charge in [0.15, 0.2) is 0 Å². The topological polar surface area (TPSA) is 69.7 Å². The Hall–Kier alpha value is -2.54.